The van der Waals surface area contributed by atoms with Gasteiger partial charge in [-0.1, -0.05) is 11.6 Å². The number of rotatable bonds is 3. The number of aromatic nitrogens is 4. The van der Waals surface area contributed by atoms with Crippen LogP contribution in [-0.2, 0) is 0 Å². The second-order valence-electron chi connectivity index (χ2n) is 3.10. The molecule has 0 fully saturated rings. The molecule has 8 heteroatoms. The Kier molecular flexibility index (Phi) is 3.30. The van der Waals surface area contributed by atoms with Crippen molar-refractivity contribution in [3.05, 3.63) is 28.7 Å². The summed E-state index contributed by atoms with van der Waals surface area (Å²) >= 11 is 6.77. The summed E-state index contributed by atoms with van der Waals surface area (Å²) in [5.41, 5.74) is 0.0712. The minimum Gasteiger partial charge on any atom is -0.478 e. The fraction of sp³-hybridized carbons (Fsp3) is 0.111. The Labute approximate surface area is 105 Å². The molecule has 88 valence electrons. The van der Waals surface area contributed by atoms with E-state index in [2.05, 4.69) is 20.2 Å². The predicted octanol–water partition coefficient (Wildman–Crippen LogP) is 2.01. The highest BCUT2D eigenvalue weighted by molar-refractivity contribution is 7.99. The molecule has 2 heterocycles. The molecule has 0 bridgehead atoms. The van der Waals surface area contributed by atoms with Crippen LogP contribution in [0.2, 0.25) is 5.15 Å². The number of nitrogens with one attached hydrogen (secondary N) is 1. The molecule has 0 aliphatic heterocycles. The Morgan fingerprint density at radius 3 is 2.82 bits per heavy atom. The van der Waals surface area contributed by atoms with E-state index in [1.807, 2.05) is 0 Å². The van der Waals surface area contributed by atoms with Crippen molar-refractivity contribution >= 4 is 29.3 Å². The fourth-order valence-electron chi connectivity index (χ4n) is 1.11. The number of pyridine rings is 1. The largest absolute Gasteiger partial charge is 0.478 e. The van der Waals surface area contributed by atoms with Gasteiger partial charge in [-0.15, -0.1) is 5.10 Å². The molecule has 2 N–H and O–H groups in total. The van der Waals surface area contributed by atoms with Crippen LogP contribution in [0.15, 0.2) is 22.3 Å². The van der Waals surface area contributed by atoms with E-state index in [-0.39, 0.29) is 15.7 Å². The smallest absolute Gasteiger partial charge is 0.338 e. The van der Waals surface area contributed by atoms with Gasteiger partial charge in [0.05, 0.1) is 5.56 Å². The molecular weight excluding hydrogens is 264 g/mol. The monoisotopic (exact) mass is 270 g/mol. The van der Waals surface area contributed by atoms with Crippen LogP contribution in [0, 0.1) is 6.92 Å². The number of aryl methyl sites for hydroxylation is 1. The number of carboxylic acids is 1. The van der Waals surface area contributed by atoms with E-state index in [1.165, 1.54) is 12.1 Å². The predicted molar refractivity (Wildman–Crippen MR) is 61.4 cm³/mol. The lowest BCUT2D eigenvalue weighted by Crippen LogP contribution is -2.00. The summed E-state index contributed by atoms with van der Waals surface area (Å²) in [6.45, 7) is 1.75. The van der Waals surface area contributed by atoms with Crippen molar-refractivity contribution in [1.82, 2.24) is 20.2 Å². The zero-order valence-corrected chi connectivity index (χ0v) is 10.2. The van der Waals surface area contributed by atoms with Crippen LogP contribution in [-0.4, -0.2) is 31.2 Å². The van der Waals surface area contributed by atoms with E-state index in [9.17, 15) is 4.79 Å². The molecule has 0 aliphatic rings. The zero-order valence-electron chi connectivity index (χ0n) is 8.64. The summed E-state index contributed by atoms with van der Waals surface area (Å²) in [4.78, 5) is 19.0. The quantitative estimate of drug-likeness (QED) is 0.829. The highest BCUT2D eigenvalue weighted by Gasteiger charge is 2.15. The molecule has 0 amide bonds. The van der Waals surface area contributed by atoms with E-state index in [0.29, 0.717) is 11.0 Å². The van der Waals surface area contributed by atoms with Gasteiger partial charge in [-0.25, -0.2) is 14.8 Å². The van der Waals surface area contributed by atoms with E-state index in [0.717, 1.165) is 11.8 Å². The van der Waals surface area contributed by atoms with Gasteiger partial charge in [-0.3, -0.25) is 5.10 Å². The molecule has 6 nitrogen and oxygen atoms in total. The van der Waals surface area contributed by atoms with Crippen molar-refractivity contribution in [2.24, 2.45) is 0 Å². The van der Waals surface area contributed by atoms with Gasteiger partial charge < -0.3 is 5.11 Å². The van der Waals surface area contributed by atoms with E-state index in [4.69, 9.17) is 16.7 Å². The third-order valence-corrected chi connectivity index (χ3v) is 2.90. The summed E-state index contributed by atoms with van der Waals surface area (Å²) in [6, 6.07) is 2.83. The molecular formula is C9H7ClN4O2S. The number of nitrogens with zero attached hydrogens (tertiary/aromatic N) is 3. The zero-order chi connectivity index (χ0) is 12.4. The van der Waals surface area contributed by atoms with Crippen molar-refractivity contribution in [1.29, 1.82) is 0 Å². The standard InChI is InChI=1S/C9H7ClN4O2S/c1-4-11-9(14-13-4)17-7-5(8(15)16)2-3-6(10)12-7/h2-3H,1H3,(H,15,16)(H,11,13,14). The first-order valence-electron chi connectivity index (χ1n) is 4.53. The number of hydrogen-bond donors (Lipinski definition) is 2. The van der Waals surface area contributed by atoms with Gasteiger partial charge in [0.25, 0.3) is 0 Å². The van der Waals surface area contributed by atoms with Gasteiger partial charge in [0.1, 0.15) is 16.0 Å². The van der Waals surface area contributed by atoms with Crippen molar-refractivity contribution in [3.63, 3.8) is 0 Å². The maximum Gasteiger partial charge on any atom is 0.338 e. The average molecular weight is 271 g/mol. The van der Waals surface area contributed by atoms with Crippen LogP contribution in [0.3, 0.4) is 0 Å². The number of aromatic amines is 1. The molecule has 0 saturated carbocycles. The molecule has 0 saturated heterocycles. The van der Waals surface area contributed by atoms with Crippen molar-refractivity contribution in [2.45, 2.75) is 17.1 Å². The first kappa shape index (κ1) is 11.9. The van der Waals surface area contributed by atoms with Gasteiger partial charge >= 0.3 is 5.97 Å². The van der Waals surface area contributed by atoms with E-state index < -0.39 is 5.97 Å². The van der Waals surface area contributed by atoms with Gasteiger partial charge in [0.15, 0.2) is 0 Å². The SMILES string of the molecule is Cc1nc(Sc2nc(Cl)ccc2C(=O)O)n[nH]1. The van der Waals surface area contributed by atoms with E-state index >= 15 is 0 Å². The molecule has 0 unspecified atom stereocenters. The van der Waals surface area contributed by atoms with Gasteiger partial charge in [-0.2, -0.15) is 0 Å². The maximum atomic E-state index is 11.0. The molecule has 2 rings (SSSR count). The second kappa shape index (κ2) is 4.72. The summed E-state index contributed by atoms with van der Waals surface area (Å²) in [6.07, 6.45) is 0. The maximum absolute atomic E-state index is 11.0. The van der Waals surface area contributed by atoms with Crippen molar-refractivity contribution in [2.75, 3.05) is 0 Å². The minimum absolute atomic E-state index is 0.0712. The van der Waals surface area contributed by atoms with Crippen LogP contribution in [0.25, 0.3) is 0 Å². The van der Waals surface area contributed by atoms with Crippen LogP contribution < -0.4 is 0 Å². The van der Waals surface area contributed by atoms with Gasteiger partial charge in [0.2, 0.25) is 5.16 Å². The van der Waals surface area contributed by atoms with Crippen molar-refractivity contribution in [3.8, 4) is 0 Å². The lowest BCUT2D eigenvalue weighted by Gasteiger charge is -2.02. The third kappa shape index (κ3) is 2.75. The number of H-pyrrole nitrogens is 1. The summed E-state index contributed by atoms with van der Waals surface area (Å²) in [5, 5.41) is 16.4. The van der Waals surface area contributed by atoms with Crippen LogP contribution in [0.5, 0.6) is 0 Å². The molecule has 2 aromatic heterocycles. The second-order valence-corrected chi connectivity index (χ2v) is 4.44. The Balaban J connectivity index is 2.37. The number of carboxylic acid groups (broad SMARTS) is 1. The van der Waals surface area contributed by atoms with Gasteiger partial charge in [-0.05, 0) is 30.8 Å². The first-order chi connectivity index (χ1) is 8.06. The molecule has 0 atom stereocenters. The molecule has 0 spiro atoms. The molecule has 2 aromatic rings. The first-order valence-corrected chi connectivity index (χ1v) is 5.72. The van der Waals surface area contributed by atoms with Crippen LogP contribution in [0.1, 0.15) is 16.2 Å². The minimum atomic E-state index is -1.07. The molecule has 0 radical (unpaired) electrons. The molecule has 0 aromatic carbocycles. The highest BCUT2D eigenvalue weighted by Crippen LogP contribution is 2.27. The Bertz CT molecular complexity index is 572. The normalized spacial score (nSPS) is 10.5. The number of aromatic carboxylic acids is 1. The lowest BCUT2D eigenvalue weighted by molar-refractivity contribution is 0.0692. The summed E-state index contributed by atoms with van der Waals surface area (Å²) in [5.74, 6) is -0.421. The molecule has 0 aliphatic carbocycles. The fourth-order valence-corrected chi connectivity index (χ4v) is 2.17. The number of carbonyl (C=O) groups is 1. The van der Waals surface area contributed by atoms with Crippen LogP contribution in [0.4, 0.5) is 0 Å². The van der Waals surface area contributed by atoms with Gasteiger partial charge in [0, 0.05) is 0 Å². The topological polar surface area (TPSA) is 91.8 Å². The Morgan fingerprint density at radius 1 is 1.47 bits per heavy atom. The number of hydrogen-bond acceptors (Lipinski definition) is 5. The Morgan fingerprint density at radius 2 is 2.24 bits per heavy atom. The highest BCUT2D eigenvalue weighted by atomic mass is 35.5. The van der Waals surface area contributed by atoms with E-state index in [1.54, 1.807) is 6.92 Å². The lowest BCUT2D eigenvalue weighted by atomic mass is 10.3. The van der Waals surface area contributed by atoms with Crippen LogP contribution >= 0.6 is 23.4 Å². The van der Waals surface area contributed by atoms with Crippen molar-refractivity contribution < 1.29 is 9.90 Å². The molecule has 17 heavy (non-hydrogen) atoms. The summed E-state index contributed by atoms with van der Waals surface area (Å²) in [7, 11) is 0. The Hall–Kier alpha value is -1.60. The number of halogens is 1. The average Bonchev–Trinajstić information content (AvgIpc) is 2.63. The summed E-state index contributed by atoms with van der Waals surface area (Å²) < 4.78 is 0. The third-order valence-electron chi connectivity index (χ3n) is 1.82.